The minimum atomic E-state index is -0.465. The molecule has 2 N–H and O–H groups in total. The van der Waals surface area contributed by atoms with Gasteiger partial charge in [0.15, 0.2) is 0 Å². The third-order valence-corrected chi connectivity index (χ3v) is 3.22. The molecule has 0 aliphatic carbocycles. The molecule has 0 radical (unpaired) electrons. The molecular weight excluding hydrogens is 292 g/mol. The summed E-state index contributed by atoms with van der Waals surface area (Å²) in [6.45, 7) is 0. The fourth-order valence-electron chi connectivity index (χ4n) is 1.92. The van der Waals surface area contributed by atoms with E-state index in [9.17, 15) is 9.59 Å². The Hall–Kier alpha value is -2.27. The van der Waals surface area contributed by atoms with Gasteiger partial charge in [-0.3, -0.25) is 9.59 Å². The van der Waals surface area contributed by atoms with E-state index in [0.717, 1.165) is 5.56 Å². The van der Waals surface area contributed by atoms with Crippen molar-refractivity contribution in [2.24, 2.45) is 0 Å². The Balaban J connectivity index is 2.16. The molecule has 6 heteroatoms. The highest BCUT2D eigenvalue weighted by atomic mass is 35.5. The zero-order chi connectivity index (χ0) is 15.2. The summed E-state index contributed by atoms with van der Waals surface area (Å²) in [5.74, 6) is -0.728. The van der Waals surface area contributed by atoms with E-state index in [-0.39, 0.29) is 12.3 Å². The number of esters is 1. The van der Waals surface area contributed by atoms with Crippen LogP contribution in [0.5, 0.6) is 0 Å². The maximum atomic E-state index is 12.2. The molecule has 2 aromatic rings. The van der Waals surface area contributed by atoms with Gasteiger partial charge in [0.2, 0.25) is 0 Å². The van der Waals surface area contributed by atoms with Gasteiger partial charge in [-0.05, 0) is 11.6 Å². The van der Waals surface area contributed by atoms with Crippen LogP contribution in [0, 0.1) is 0 Å². The van der Waals surface area contributed by atoms with Crippen molar-refractivity contribution in [3.05, 3.63) is 58.9 Å². The highest BCUT2D eigenvalue weighted by molar-refractivity contribution is 6.30. The summed E-state index contributed by atoms with van der Waals surface area (Å²) in [6.07, 6.45) is 1.58. The first-order chi connectivity index (χ1) is 10.1. The topological polar surface area (TPSA) is 71.2 Å². The first-order valence-corrected chi connectivity index (χ1v) is 6.74. The second-order valence-corrected chi connectivity index (χ2v) is 4.88. The van der Waals surface area contributed by atoms with E-state index in [1.807, 2.05) is 30.3 Å². The number of carbonyl (C=O) groups is 2. The molecule has 1 heterocycles. The monoisotopic (exact) mass is 306 g/mol. The summed E-state index contributed by atoms with van der Waals surface area (Å²) in [6, 6.07) is 10.3. The van der Waals surface area contributed by atoms with Gasteiger partial charge in [0.1, 0.15) is 5.69 Å². The summed E-state index contributed by atoms with van der Waals surface area (Å²) in [4.78, 5) is 26.4. The lowest BCUT2D eigenvalue weighted by Crippen LogP contribution is -2.30. The molecule has 0 aliphatic rings. The smallest absolute Gasteiger partial charge is 0.307 e. The Kier molecular flexibility index (Phi) is 5.00. The van der Waals surface area contributed by atoms with Crippen LogP contribution in [0.2, 0.25) is 5.02 Å². The van der Waals surface area contributed by atoms with Gasteiger partial charge in [-0.1, -0.05) is 41.9 Å². The Labute approximate surface area is 127 Å². The lowest BCUT2D eigenvalue weighted by atomic mass is 10.0. The van der Waals surface area contributed by atoms with Crippen molar-refractivity contribution in [2.75, 3.05) is 7.11 Å². The molecule has 0 fully saturated rings. The minimum absolute atomic E-state index is 0.0562. The van der Waals surface area contributed by atoms with Gasteiger partial charge in [0, 0.05) is 6.20 Å². The number of hydrogen-bond acceptors (Lipinski definition) is 3. The van der Waals surface area contributed by atoms with Crippen molar-refractivity contribution in [1.29, 1.82) is 0 Å². The number of hydrogen-bond donors (Lipinski definition) is 2. The molecule has 0 saturated heterocycles. The van der Waals surface area contributed by atoms with E-state index in [1.54, 1.807) is 0 Å². The molecular formula is C15H15ClN2O3. The number of methoxy groups -OCH3 is 1. The number of nitrogens with one attached hydrogen (secondary N) is 2. The molecule has 0 saturated carbocycles. The number of amides is 1. The van der Waals surface area contributed by atoms with Crippen molar-refractivity contribution in [1.82, 2.24) is 10.3 Å². The molecule has 0 unspecified atom stereocenters. The summed E-state index contributed by atoms with van der Waals surface area (Å²) in [7, 11) is 1.32. The molecule has 0 spiro atoms. The molecule has 1 atom stereocenters. The molecule has 0 bridgehead atoms. The van der Waals surface area contributed by atoms with Crippen molar-refractivity contribution in [3.8, 4) is 0 Å². The third kappa shape index (κ3) is 4.10. The lowest BCUT2D eigenvalue weighted by molar-refractivity contribution is -0.141. The highest BCUT2D eigenvalue weighted by Crippen LogP contribution is 2.18. The Morgan fingerprint density at radius 2 is 2.05 bits per heavy atom. The maximum Gasteiger partial charge on any atom is 0.307 e. The van der Waals surface area contributed by atoms with Gasteiger partial charge in [-0.25, -0.2) is 0 Å². The quantitative estimate of drug-likeness (QED) is 0.834. The Bertz CT molecular complexity index is 625. The van der Waals surface area contributed by atoms with Gasteiger partial charge >= 0.3 is 5.97 Å². The normalized spacial score (nSPS) is 11.7. The average Bonchev–Trinajstić information content (AvgIpc) is 2.94. The summed E-state index contributed by atoms with van der Waals surface area (Å²) < 4.78 is 4.67. The molecule has 21 heavy (non-hydrogen) atoms. The maximum absolute atomic E-state index is 12.2. The molecule has 0 aliphatic heterocycles. The number of ether oxygens (including phenoxy) is 1. The van der Waals surface area contributed by atoms with Crippen molar-refractivity contribution >= 4 is 23.5 Å². The lowest BCUT2D eigenvalue weighted by Gasteiger charge is -2.17. The molecule has 5 nitrogen and oxygen atoms in total. The van der Waals surface area contributed by atoms with Crippen LogP contribution >= 0.6 is 11.6 Å². The zero-order valence-corrected chi connectivity index (χ0v) is 12.2. The predicted octanol–water partition coefficient (Wildman–Crippen LogP) is 2.70. The van der Waals surface area contributed by atoms with Gasteiger partial charge in [0.05, 0.1) is 24.6 Å². The van der Waals surface area contributed by atoms with Crippen LogP contribution in [0.15, 0.2) is 42.6 Å². The van der Waals surface area contributed by atoms with Gasteiger partial charge < -0.3 is 15.0 Å². The van der Waals surface area contributed by atoms with Crippen LogP contribution in [-0.4, -0.2) is 24.0 Å². The molecule has 1 aromatic carbocycles. The van der Waals surface area contributed by atoms with E-state index in [0.29, 0.717) is 10.7 Å². The Morgan fingerprint density at radius 1 is 1.33 bits per heavy atom. The summed E-state index contributed by atoms with van der Waals surface area (Å²) >= 11 is 5.78. The van der Waals surface area contributed by atoms with Crippen LogP contribution < -0.4 is 5.32 Å². The second kappa shape index (κ2) is 6.95. The fraction of sp³-hybridized carbons (Fsp3) is 0.200. The number of halogens is 1. The standard InChI is InChI=1S/C15H15ClN2O3/c1-21-14(19)8-12(10-5-3-2-4-6-10)18-15(20)13-7-11(16)9-17-13/h2-7,9,12,17H,8H2,1H3,(H,18,20)/t12-/m1/s1. The Morgan fingerprint density at radius 3 is 2.62 bits per heavy atom. The third-order valence-electron chi connectivity index (χ3n) is 3.00. The van der Waals surface area contributed by atoms with Gasteiger partial charge in [-0.2, -0.15) is 0 Å². The van der Waals surface area contributed by atoms with E-state index in [1.165, 1.54) is 19.4 Å². The van der Waals surface area contributed by atoms with Gasteiger partial charge in [0.25, 0.3) is 5.91 Å². The summed E-state index contributed by atoms with van der Waals surface area (Å²) in [5, 5.41) is 3.25. The van der Waals surface area contributed by atoms with Crippen molar-refractivity contribution in [3.63, 3.8) is 0 Å². The van der Waals surface area contributed by atoms with Crippen LogP contribution in [0.3, 0.4) is 0 Å². The number of H-pyrrole nitrogens is 1. The zero-order valence-electron chi connectivity index (χ0n) is 11.4. The number of aromatic nitrogens is 1. The first-order valence-electron chi connectivity index (χ1n) is 6.36. The molecule has 1 aromatic heterocycles. The predicted molar refractivity (Wildman–Crippen MR) is 79.1 cm³/mol. The minimum Gasteiger partial charge on any atom is -0.469 e. The van der Waals surface area contributed by atoms with Crippen molar-refractivity contribution in [2.45, 2.75) is 12.5 Å². The van der Waals surface area contributed by atoms with E-state index in [4.69, 9.17) is 11.6 Å². The fourth-order valence-corrected chi connectivity index (χ4v) is 2.09. The van der Waals surface area contributed by atoms with E-state index in [2.05, 4.69) is 15.0 Å². The van der Waals surface area contributed by atoms with Crippen LogP contribution in [0.25, 0.3) is 0 Å². The SMILES string of the molecule is COC(=O)C[C@@H](NC(=O)c1cc(Cl)c[nH]1)c1ccccc1. The van der Waals surface area contributed by atoms with Crippen LogP contribution in [0.1, 0.15) is 28.5 Å². The van der Waals surface area contributed by atoms with E-state index < -0.39 is 12.0 Å². The first kappa shape index (κ1) is 15.1. The highest BCUT2D eigenvalue weighted by Gasteiger charge is 2.20. The summed E-state index contributed by atoms with van der Waals surface area (Å²) in [5.41, 5.74) is 1.17. The van der Waals surface area contributed by atoms with Crippen molar-refractivity contribution < 1.29 is 14.3 Å². The van der Waals surface area contributed by atoms with Gasteiger partial charge in [-0.15, -0.1) is 0 Å². The van der Waals surface area contributed by atoms with E-state index >= 15 is 0 Å². The largest absolute Gasteiger partial charge is 0.469 e. The number of carbonyl (C=O) groups excluding carboxylic acids is 2. The van der Waals surface area contributed by atoms with Crippen LogP contribution in [-0.2, 0) is 9.53 Å². The number of aromatic amines is 1. The second-order valence-electron chi connectivity index (χ2n) is 4.45. The molecule has 110 valence electrons. The average molecular weight is 307 g/mol. The molecule has 1 amide bonds. The number of benzene rings is 1. The number of rotatable bonds is 5. The molecule has 2 rings (SSSR count). The van der Waals surface area contributed by atoms with Crippen LogP contribution in [0.4, 0.5) is 0 Å².